The van der Waals surface area contributed by atoms with Crippen LogP contribution in [0.25, 0.3) is 10.2 Å². The van der Waals surface area contributed by atoms with E-state index in [1.807, 2.05) is 0 Å². The van der Waals surface area contributed by atoms with E-state index in [9.17, 15) is 0 Å². The minimum atomic E-state index is 0.0354. The average Bonchev–Trinajstić information content (AvgIpc) is 3.04. The summed E-state index contributed by atoms with van der Waals surface area (Å²) < 4.78 is 12.2. The number of methoxy groups -OCH3 is 1. The molecule has 3 aromatic rings. The molecule has 1 unspecified atom stereocenters. The Kier molecular flexibility index (Phi) is 4.35. The topological polar surface area (TPSA) is 73.3 Å². The van der Waals surface area contributed by atoms with Crippen LogP contribution >= 0.6 is 11.3 Å². The van der Waals surface area contributed by atoms with Gasteiger partial charge in [0.15, 0.2) is 5.75 Å². The Bertz CT molecular complexity index is 867. The molecule has 0 aliphatic carbocycles. The summed E-state index contributed by atoms with van der Waals surface area (Å²) in [5.74, 6) is 1.61. The number of nitrogens with zero attached hydrogens (tertiary/aromatic N) is 5. The van der Waals surface area contributed by atoms with E-state index in [0.29, 0.717) is 11.8 Å². The summed E-state index contributed by atoms with van der Waals surface area (Å²) in [5, 5.41) is 2.13. The fourth-order valence-electron chi connectivity index (χ4n) is 3.03. The zero-order valence-electron chi connectivity index (χ0n) is 14.2. The summed E-state index contributed by atoms with van der Waals surface area (Å²) in [7, 11) is 1.59. The fraction of sp³-hybridized carbons (Fsp3) is 0.412. The van der Waals surface area contributed by atoms with Crippen LogP contribution < -0.4 is 14.4 Å². The number of rotatable bonds is 4. The Balaban J connectivity index is 1.52. The summed E-state index contributed by atoms with van der Waals surface area (Å²) in [6.45, 7) is 3.81. The average molecular weight is 357 g/mol. The molecule has 0 aromatic carbocycles. The van der Waals surface area contributed by atoms with Crippen LogP contribution in [0.4, 0.5) is 5.82 Å². The first kappa shape index (κ1) is 16.0. The SMILES string of the molecule is COc1cnc(OC2CCCN(c3ncnc4c(C)csc34)C2)nc1. The molecule has 0 bridgehead atoms. The number of fused-ring (bicyclic) bond motifs is 1. The lowest BCUT2D eigenvalue weighted by atomic mass is 10.1. The van der Waals surface area contributed by atoms with Crippen molar-refractivity contribution in [2.24, 2.45) is 0 Å². The summed E-state index contributed by atoms with van der Waals surface area (Å²) in [6.07, 6.45) is 6.93. The third kappa shape index (κ3) is 3.21. The first-order valence-corrected chi connectivity index (χ1v) is 9.09. The lowest BCUT2D eigenvalue weighted by molar-refractivity contribution is 0.164. The Hall–Kier alpha value is -2.48. The van der Waals surface area contributed by atoms with E-state index in [4.69, 9.17) is 9.47 Å². The molecule has 4 heterocycles. The second-order valence-electron chi connectivity index (χ2n) is 6.03. The van der Waals surface area contributed by atoms with E-state index in [-0.39, 0.29) is 6.10 Å². The summed E-state index contributed by atoms with van der Waals surface area (Å²) in [6, 6.07) is 0.382. The second kappa shape index (κ2) is 6.79. The standard InChI is InChI=1S/C17H19N5O2S/c1-11-9-25-15-14(11)20-10-21-16(15)22-5-3-4-12(8-22)24-17-18-6-13(23-2)7-19-17/h6-7,9-10,12H,3-5,8H2,1-2H3. The highest BCUT2D eigenvalue weighted by Crippen LogP contribution is 2.32. The van der Waals surface area contributed by atoms with Crippen molar-refractivity contribution < 1.29 is 9.47 Å². The van der Waals surface area contributed by atoms with Crippen molar-refractivity contribution in [3.8, 4) is 11.8 Å². The first-order valence-electron chi connectivity index (χ1n) is 8.21. The van der Waals surface area contributed by atoms with Crippen LogP contribution in [0.3, 0.4) is 0 Å². The molecule has 0 spiro atoms. The van der Waals surface area contributed by atoms with Crippen molar-refractivity contribution in [2.75, 3.05) is 25.1 Å². The summed E-state index contributed by atoms with van der Waals surface area (Å²) in [5.41, 5.74) is 2.23. The Morgan fingerprint density at radius 3 is 2.84 bits per heavy atom. The van der Waals surface area contributed by atoms with E-state index in [0.717, 1.165) is 42.0 Å². The maximum absolute atomic E-state index is 5.96. The Labute approximate surface area is 149 Å². The molecule has 4 rings (SSSR count). The molecule has 25 heavy (non-hydrogen) atoms. The lowest BCUT2D eigenvalue weighted by Crippen LogP contribution is -2.41. The zero-order valence-corrected chi connectivity index (χ0v) is 15.0. The number of anilines is 1. The minimum Gasteiger partial charge on any atom is -0.494 e. The van der Waals surface area contributed by atoms with Crippen molar-refractivity contribution in [3.63, 3.8) is 0 Å². The maximum Gasteiger partial charge on any atom is 0.316 e. The Morgan fingerprint density at radius 1 is 1.20 bits per heavy atom. The van der Waals surface area contributed by atoms with Crippen molar-refractivity contribution in [1.82, 2.24) is 19.9 Å². The molecular weight excluding hydrogens is 338 g/mol. The molecule has 1 fully saturated rings. The van der Waals surface area contributed by atoms with Crippen LogP contribution in [-0.2, 0) is 0 Å². The molecule has 8 heteroatoms. The molecule has 1 saturated heterocycles. The molecule has 0 N–H and O–H groups in total. The van der Waals surface area contributed by atoms with Crippen molar-refractivity contribution in [1.29, 1.82) is 0 Å². The zero-order chi connectivity index (χ0) is 17.2. The van der Waals surface area contributed by atoms with Gasteiger partial charge in [-0.05, 0) is 30.7 Å². The van der Waals surface area contributed by atoms with Gasteiger partial charge in [-0.15, -0.1) is 11.3 Å². The number of thiophene rings is 1. The minimum absolute atomic E-state index is 0.0354. The summed E-state index contributed by atoms with van der Waals surface area (Å²) >= 11 is 1.70. The molecule has 0 radical (unpaired) electrons. The van der Waals surface area contributed by atoms with Crippen LogP contribution in [0.15, 0.2) is 24.1 Å². The molecule has 1 aliphatic rings. The van der Waals surface area contributed by atoms with E-state index in [1.54, 1.807) is 37.2 Å². The van der Waals surface area contributed by atoms with Gasteiger partial charge in [-0.3, -0.25) is 0 Å². The van der Waals surface area contributed by atoms with Crippen molar-refractivity contribution in [2.45, 2.75) is 25.9 Å². The van der Waals surface area contributed by atoms with Crippen LogP contribution in [0, 0.1) is 6.92 Å². The molecule has 3 aromatic heterocycles. The smallest absolute Gasteiger partial charge is 0.316 e. The molecule has 130 valence electrons. The summed E-state index contributed by atoms with van der Waals surface area (Å²) in [4.78, 5) is 19.6. The van der Waals surface area contributed by atoms with Gasteiger partial charge < -0.3 is 14.4 Å². The van der Waals surface area contributed by atoms with Gasteiger partial charge >= 0.3 is 6.01 Å². The monoisotopic (exact) mass is 357 g/mol. The maximum atomic E-state index is 5.96. The highest BCUT2D eigenvalue weighted by molar-refractivity contribution is 7.18. The van der Waals surface area contributed by atoms with Crippen molar-refractivity contribution in [3.05, 3.63) is 29.7 Å². The molecule has 0 amide bonds. The largest absolute Gasteiger partial charge is 0.494 e. The van der Waals surface area contributed by atoms with Gasteiger partial charge in [-0.2, -0.15) is 9.97 Å². The molecule has 7 nitrogen and oxygen atoms in total. The highest BCUT2D eigenvalue weighted by Gasteiger charge is 2.25. The van der Waals surface area contributed by atoms with Gasteiger partial charge in [0, 0.05) is 6.54 Å². The first-order chi connectivity index (χ1) is 12.2. The predicted octanol–water partition coefficient (Wildman–Crippen LogP) is 2.85. The van der Waals surface area contributed by atoms with E-state index in [2.05, 4.69) is 37.1 Å². The number of aromatic nitrogens is 4. The number of hydrogen-bond donors (Lipinski definition) is 0. The van der Waals surface area contributed by atoms with Gasteiger partial charge in [0.1, 0.15) is 18.2 Å². The second-order valence-corrected chi connectivity index (χ2v) is 6.91. The van der Waals surface area contributed by atoms with Crippen LogP contribution in [0.5, 0.6) is 11.8 Å². The van der Waals surface area contributed by atoms with Gasteiger partial charge in [0.2, 0.25) is 0 Å². The van der Waals surface area contributed by atoms with Crippen LogP contribution in [0.2, 0.25) is 0 Å². The molecule has 1 aliphatic heterocycles. The van der Waals surface area contributed by atoms with E-state index < -0.39 is 0 Å². The molecular formula is C17H19N5O2S. The van der Waals surface area contributed by atoms with Crippen LogP contribution in [0.1, 0.15) is 18.4 Å². The van der Waals surface area contributed by atoms with Gasteiger partial charge in [-0.25, -0.2) is 9.97 Å². The van der Waals surface area contributed by atoms with E-state index >= 15 is 0 Å². The number of aryl methyl sites for hydroxylation is 1. The third-order valence-corrected chi connectivity index (χ3v) is 5.39. The fourth-order valence-corrected chi connectivity index (χ4v) is 4.05. The quantitative estimate of drug-likeness (QED) is 0.711. The van der Waals surface area contributed by atoms with Crippen LogP contribution in [-0.4, -0.2) is 46.2 Å². The van der Waals surface area contributed by atoms with Gasteiger partial charge in [-0.1, -0.05) is 0 Å². The van der Waals surface area contributed by atoms with E-state index in [1.165, 1.54) is 5.56 Å². The number of ether oxygens (including phenoxy) is 2. The van der Waals surface area contributed by atoms with Crippen molar-refractivity contribution >= 4 is 27.4 Å². The molecule has 0 saturated carbocycles. The highest BCUT2D eigenvalue weighted by atomic mass is 32.1. The number of hydrogen-bond acceptors (Lipinski definition) is 8. The van der Waals surface area contributed by atoms with Gasteiger partial charge in [0.25, 0.3) is 0 Å². The third-order valence-electron chi connectivity index (χ3n) is 4.30. The normalized spacial score (nSPS) is 17.7. The lowest BCUT2D eigenvalue weighted by Gasteiger charge is -2.33. The van der Waals surface area contributed by atoms with Gasteiger partial charge in [0.05, 0.1) is 36.3 Å². The molecule has 1 atom stereocenters. The predicted molar refractivity (Wildman–Crippen MR) is 96.6 cm³/mol. The number of piperidine rings is 1. The Morgan fingerprint density at radius 2 is 2.04 bits per heavy atom.